The molecule has 0 saturated heterocycles. The van der Waals surface area contributed by atoms with Crippen molar-refractivity contribution >= 4 is 27.2 Å². The molecule has 0 radical (unpaired) electrons. The highest BCUT2D eigenvalue weighted by molar-refractivity contribution is 7.96. The average molecular weight is 393 g/mol. The van der Waals surface area contributed by atoms with Gasteiger partial charge in [-0.2, -0.15) is 0 Å². The number of hydrogen-bond donors (Lipinski definition) is 0. The van der Waals surface area contributed by atoms with Crippen molar-refractivity contribution < 1.29 is 31.8 Å². The summed E-state index contributed by atoms with van der Waals surface area (Å²) in [6.07, 6.45) is 1.14. The number of anilines is 2. The summed E-state index contributed by atoms with van der Waals surface area (Å²) in [6.45, 7) is 0. The van der Waals surface area contributed by atoms with Gasteiger partial charge in [0.15, 0.2) is 16.4 Å². The minimum absolute atomic E-state index is 0.191. The second kappa shape index (κ2) is 6.92. The number of fused-ring (bicyclic) bond motifs is 1. The maximum atomic E-state index is 13.7. The van der Waals surface area contributed by atoms with Gasteiger partial charge in [0.2, 0.25) is 9.84 Å². The van der Waals surface area contributed by atoms with Gasteiger partial charge in [0.25, 0.3) is 0 Å². The predicted molar refractivity (Wildman–Crippen MR) is 95.4 cm³/mol. The number of sulfone groups is 1. The molecular formula is C18H16FNO6S. The number of nitrogens with zero attached hydrogens (tertiary/aromatic N) is 1. The van der Waals surface area contributed by atoms with E-state index in [9.17, 15) is 17.6 Å². The van der Waals surface area contributed by atoms with Gasteiger partial charge in [0.1, 0.15) is 5.82 Å². The summed E-state index contributed by atoms with van der Waals surface area (Å²) in [7, 11) is -0.223. The Morgan fingerprint density at radius 3 is 2.33 bits per heavy atom. The van der Waals surface area contributed by atoms with Crippen LogP contribution in [0.15, 0.2) is 52.4 Å². The van der Waals surface area contributed by atoms with Gasteiger partial charge >= 0.3 is 5.97 Å². The van der Waals surface area contributed by atoms with Crippen LogP contribution in [0.4, 0.5) is 15.8 Å². The Morgan fingerprint density at radius 1 is 1.00 bits per heavy atom. The molecule has 0 saturated carbocycles. The van der Waals surface area contributed by atoms with Gasteiger partial charge < -0.3 is 19.1 Å². The van der Waals surface area contributed by atoms with Crippen molar-refractivity contribution in [1.29, 1.82) is 0 Å². The van der Waals surface area contributed by atoms with E-state index in [1.807, 2.05) is 0 Å². The van der Waals surface area contributed by atoms with Crippen LogP contribution in [-0.2, 0) is 19.4 Å². The van der Waals surface area contributed by atoms with E-state index in [1.54, 1.807) is 18.2 Å². The quantitative estimate of drug-likeness (QED) is 0.739. The summed E-state index contributed by atoms with van der Waals surface area (Å²) in [5, 5.41) is 0. The largest absolute Gasteiger partial charge is 0.493 e. The Morgan fingerprint density at radius 2 is 1.70 bits per heavy atom. The number of carbonyl (C=O) groups is 1. The summed E-state index contributed by atoms with van der Waals surface area (Å²) in [6, 6.07) is 8.22. The molecule has 7 nitrogen and oxygen atoms in total. The molecule has 1 aliphatic rings. The number of esters is 1. The fourth-order valence-electron chi connectivity index (χ4n) is 2.73. The maximum Gasteiger partial charge on any atom is 0.351 e. The van der Waals surface area contributed by atoms with Crippen LogP contribution in [0.2, 0.25) is 0 Å². The molecule has 0 amide bonds. The molecule has 0 aliphatic carbocycles. The molecule has 0 aromatic heterocycles. The zero-order valence-electron chi connectivity index (χ0n) is 14.7. The Kier molecular flexibility index (Phi) is 4.79. The lowest BCUT2D eigenvalue weighted by molar-refractivity contribution is -0.135. The normalized spacial score (nSPS) is 14.8. The number of hydrogen-bond acceptors (Lipinski definition) is 7. The molecule has 0 unspecified atom stereocenters. The van der Waals surface area contributed by atoms with Crippen LogP contribution in [0.25, 0.3) is 0 Å². The van der Waals surface area contributed by atoms with Crippen LogP contribution < -0.4 is 14.4 Å². The van der Waals surface area contributed by atoms with E-state index in [4.69, 9.17) is 9.47 Å². The van der Waals surface area contributed by atoms with E-state index in [2.05, 4.69) is 4.74 Å². The van der Waals surface area contributed by atoms with E-state index in [1.165, 1.54) is 25.2 Å². The number of rotatable bonds is 4. The second-order valence-corrected chi connectivity index (χ2v) is 7.40. The first kappa shape index (κ1) is 18.7. The molecule has 9 heteroatoms. The fraction of sp³-hybridized carbons (Fsp3) is 0.167. The lowest BCUT2D eigenvalue weighted by atomic mass is 10.2. The van der Waals surface area contributed by atoms with Crippen LogP contribution in [0.5, 0.6) is 11.5 Å². The van der Waals surface area contributed by atoms with Crippen molar-refractivity contribution in [3.05, 3.63) is 53.3 Å². The minimum Gasteiger partial charge on any atom is -0.493 e. The molecule has 1 heterocycles. The third-order valence-electron chi connectivity index (χ3n) is 4.04. The van der Waals surface area contributed by atoms with Gasteiger partial charge in [-0.3, -0.25) is 0 Å². The Labute approximate surface area is 155 Å². The van der Waals surface area contributed by atoms with Crippen molar-refractivity contribution in [3.8, 4) is 11.5 Å². The van der Waals surface area contributed by atoms with E-state index in [0.717, 1.165) is 25.4 Å². The van der Waals surface area contributed by atoms with Crippen molar-refractivity contribution in [2.24, 2.45) is 0 Å². The molecule has 0 spiro atoms. The molecule has 0 fully saturated rings. The fourth-order valence-corrected chi connectivity index (χ4v) is 4.22. The summed E-state index contributed by atoms with van der Waals surface area (Å²) < 4.78 is 54.3. The van der Waals surface area contributed by atoms with Crippen molar-refractivity contribution in [1.82, 2.24) is 0 Å². The third kappa shape index (κ3) is 3.10. The van der Waals surface area contributed by atoms with E-state index < -0.39 is 26.5 Å². The van der Waals surface area contributed by atoms with Gasteiger partial charge in [-0.15, -0.1) is 0 Å². The first-order valence-corrected chi connectivity index (χ1v) is 9.18. The summed E-state index contributed by atoms with van der Waals surface area (Å²) >= 11 is 0. The Bertz CT molecular complexity index is 1050. The highest BCUT2D eigenvalue weighted by atomic mass is 32.2. The van der Waals surface area contributed by atoms with E-state index >= 15 is 0 Å². The van der Waals surface area contributed by atoms with E-state index in [0.29, 0.717) is 17.2 Å². The average Bonchev–Trinajstić information content (AvgIpc) is 2.67. The van der Waals surface area contributed by atoms with Crippen LogP contribution >= 0.6 is 0 Å². The van der Waals surface area contributed by atoms with Gasteiger partial charge in [0.05, 0.1) is 31.9 Å². The first-order valence-electron chi connectivity index (χ1n) is 7.69. The minimum atomic E-state index is -4.24. The number of methoxy groups -OCH3 is 3. The van der Waals surface area contributed by atoms with Crippen LogP contribution in [0.3, 0.4) is 0 Å². The second-order valence-electron chi connectivity index (χ2n) is 5.51. The standard InChI is InChI=1S/C18H16FNO6S/c1-24-14-7-5-12(9-15(14)25-2)20-10-17(18(21)26-3)27(22,23)16-8-11(19)4-6-13(16)20/h4-10H,1-3H3. The summed E-state index contributed by atoms with van der Waals surface area (Å²) in [5.74, 6) is -0.909. The number of ether oxygens (including phenoxy) is 3. The van der Waals surface area contributed by atoms with Gasteiger partial charge in [0, 0.05) is 18.0 Å². The van der Waals surface area contributed by atoms with Gasteiger partial charge in [-0.25, -0.2) is 17.6 Å². The predicted octanol–water partition coefficient (Wildman–Crippen LogP) is 2.78. The molecule has 2 aromatic carbocycles. The lowest BCUT2D eigenvalue weighted by Crippen LogP contribution is -2.26. The topological polar surface area (TPSA) is 82.1 Å². The summed E-state index contributed by atoms with van der Waals surface area (Å²) in [5.41, 5.74) is 0.674. The summed E-state index contributed by atoms with van der Waals surface area (Å²) in [4.78, 5) is 12.6. The smallest absolute Gasteiger partial charge is 0.351 e. The molecule has 142 valence electrons. The van der Waals surface area contributed by atoms with Crippen molar-refractivity contribution in [2.75, 3.05) is 26.2 Å². The van der Waals surface area contributed by atoms with E-state index in [-0.39, 0.29) is 10.6 Å². The van der Waals surface area contributed by atoms with Crippen LogP contribution in [-0.4, -0.2) is 35.7 Å². The molecule has 3 rings (SSSR count). The molecule has 27 heavy (non-hydrogen) atoms. The molecule has 0 N–H and O–H groups in total. The highest BCUT2D eigenvalue weighted by Gasteiger charge is 2.37. The molecular weight excluding hydrogens is 377 g/mol. The Hall–Kier alpha value is -3.07. The van der Waals surface area contributed by atoms with Crippen molar-refractivity contribution in [2.45, 2.75) is 4.90 Å². The van der Waals surface area contributed by atoms with Gasteiger partial charge in [-0.05, 0) is 30.3 Å². The molecule has 0 atom stereocenters. The van der Waals surface area contributed by atoms with Crippen molar-refractivity contribution in [3.63, 3.8) is 0 Å². The number of carbonyl (C=O) groups excluding carboxylic acids is 1. The van der Waals surface area contributed by atoms with Gasteiger partial charge in [-0.1, -0.05) is 0 Å². The monoisotopic (exact) mass is 393 g/mol. The molecule has 0 bridgehead atoms. The number of benzene rings is 2. The lowest BCUT2D eigenvalue weighted by Gasteiger charge is -2.28. The first-order chi connectivity index (χ1) is 12.8. The zero-order valence-corrected chi connectivity index (χ0v) is 15.5. The highest BCUT2D eigenvalue weighted by Crippen LogP contribution is 2.42. The SMILES string of the molecule is COC(=O)C1=CN(c2ccc(OC)c(OC)c2)c2ccc(F)cc2S1(=O)=O. The molecule has 2 aromatic rings. The van der Waals surface area contributed by atoms with Crippen LogP contribution in [0.1, 0.15) is 0 Å². The van der Waals surface area contributed by atoms with Crippen LogP contribution in [0, 0.1) is 5.82 Å². The number of halogens is 1. The maximum absolute atomic E-state index is 13.7. The molecule has 1 aliphatic heterocycles. The Balaban J connectivity index is 2.27. The zero-order chi connectivity index (χ0) is 19.8. The third-order valence-corrected chi connectivity index (χ3v) is 5.80.